The zero-order valence-corrected chi connectivity index (χ0v) is 12.7. The zero-order valence-electron chi connectivity index (χ0n) is 11.9. The Bertz CT molecular complexity index is 782. The van der Waals surface area contributed by atoms with Crippen molar-refractivity contribution in [1.29, 1.82) is 0 Å². The van der Waals surface area contributed by atoms with Crippen molar-refractivity contribution in [3.05, 3.63) is 24.4 Å². The number of aromatic hydroxyl groups is 1. The van der Waals surface area contributed by atoms with Crippen LogP contribution < -0.4 is 9.46 Å². The Labute approximate surface area is 126 Å². The summed E-state index contributed by atoms with van der Waals surface area (Å²) in [5.74, 6) is -2.35. The topological polar surface area (TPSA) is 119 Å². The number of anilines is 1. The third-order valence-corrected chi connectivity index (χ3v) is 3.87. The fourth-order valence-corrected chi connectivity index (χ4v) is 2.16. The van der Waals surface area contributed by atoms with Crippen LogP contribution in [-0.2, 0) is 14.8 Å². The van der Waals surface area contributed by atoms with E-state index < -0.39 is 27.5 Å². The van der Waals surface area contributed by atoms with Gasteiger partial charge < -0.3 is 14.3 Å². The smallest absolute Gasteiger partial charge is 0.308 e. The van der Waals surface area contributed by atoms with Crippen molar-refractivity contribution in [3.63, 3.8) is 0 Å². The SMILES string of the molecule is CCS(=O)(=O)Nc1oc(-c2ccccn2)c(O)c1OC(C)=O. The summed E-state index contributed by atoms with van der Waals surface area (Å²) in [4.78, 5) is 15.1. The predicted octanol–water partition coefficient (Wildman–Crippen LogP) is 1.73. The first-order chi connectivity index (χ1) is 10.3. The number of sulfonamides is 1. The Hall–Kier alpha value is -2.55. The van der Waals surface area contributed by atoms with Crippen molar-refractivity contribution >= 4 is 21.9 Å². The first-order valence-electron chi connectivity index (χ1n) is 6.30. The van der Waals surface area contributed by atoms with Crippen LogP contribution in [0.2, 0.25) is 0 Å². The average Bonchev–Trinajstić information content (AvgIpc) is 2.76. The molecule has 0 spiro atoms. The number of ether oxygens (including phenoxy) is 1. The molecule has 0 fully saturated rings. The van der Waals surface area contributed by atoms with Crippen LogP contribution >= 0.6 is 0 Å². The molecule has 2 rings (SSSR count). The first kappa shape index (κ1) is 15.8. The summed E-state index contributed by atoms with van der Waals surface area (Å²) in [7, 11) is -3.68. The minimum Gasteiger partial charge on any atom is -0.501 e. The number of furan rings is 1. The van der Waals surface area contributed by atoms with E-state index in [0.717, 1.165) is 6.92 Å². The molecule has 2 N–H and O–H groups in total. The van der Waals surface area contributed by atoms with E-state index in [1.54, 1.807) is 18.2 Å². The van der Waals surface area contributed by atoms with Gasteiger partial charge in [-0.1, -0.05) is 6.07 Å². The summed E-state index contributed by atoms with van der Waals surface area (Å²) in [6.45, 7) is 2.54. The Kier molecular flexibility index (Phi) is 4.36. The number of nitrogens with one attached hydrogen (secondary N) is 1. The lowest BCUT2D eigenvalue weighted by Crippen LogP contribution is -2.15. The van der Waals surface area contributed by atoms with Gasteiger partial charge in [0.05, 0.1) is 5.75 Å². The van der Waals surface area contributed by atoms with Gasteiger partial charge in [-0.2, -0.15) is 0 Å². The van der Waals surface area contributed by atoms with Gasteiger partial charge in [-0.25, -0.2) is 13.1 Å². The highest BCUT2D eigenvalue weighted by Gasteiger charge is 2.27. The molecule has 0 bridgehead atoms. The molecule has 0 saturated heterocycles. The number of pyridine rings is 1. The van der Waals surface area contributed by atoms with Gasteiger partial charge in [0.25, 0.3) is 5.88 Å². The van der Waals surface area contributed by atoms with Crippen LogP contribution in [0.1, 0.15) is 13.8 Å². The van der Waals surface area contributed by atoms with Gasteiger partial charge in [0.1, 0.15) is 5.69 Å². The van der Waals surface area contributed by atoms with Crippen LogP contribution in [0, 0.1) is 0 Å². The minimum atomic E-state index is -3.68. The molecule has 0 aliphatic heterocycles. The number of esters is 1. The maximum atomic E-state index is 11.7. The zero-order chi connectivity index (χ0) is 16.3. The molecule has 0 saturated carbocycles. The number of carbonyl (C=O) groups is 1. The van der Waals surface area contributed by atoms with Crippen molar-refractivity contribution in [2.45, 2.75) is 13.8 Å². The first-order valence-corrected chi connectivity index (χ1v) is 7.95. The largest absolute Gasteiger partial charge is 0.501 e. The third-order valence-electron chi connectivity index (χ3n) is 2.61. The van der Waals surface area contributed by atoms with Crippen molar-refractivity contribution in [3.8, 4) is 23.0 Å². The Balaban J connectivity index is 2.54. The lowest BCUT2D eigenvalue weighted by atomic mass is 10.2. The molecule has 22 heavy (non-hydrogen) atoms. The van der Waals surface area contributed by atoms with E-state index in [1.807, 2.05) is 0 Å². The summed E-state index contributed by atoms with van der Waals surface area (Å²) < 4.78 is 35.5. The molecular weight excluding hydrogens is 312 g/mol. The van der Waals surface area contributed by atoms with Crippen molar-refractivity contribution in [1.82, 2.24) is 4.98 Å². The maximum absolute atomic E-state index is 11.7. The van der Waals surface area contributed by atoms with E-state index in [2.05, 4.69) is 9.71 Å². The molecule has 118 valence electrons. The second-order valence-corrected chi connectivity index (χ2v) is 6.26. The molecule has 9 heteroatoms. The average molecular weight is 326 g/mol. The number of carbonyl (C=O) groups excluding carboxylic acids is 1. The molecule has 0 unspecified atom stereocenters. The summed E-state index contributed by atoms with van der Waals surface area (Å²) in [5, 5.41) is 10.1. The molecule has 2 aromatic heterocycles. The number of hydrogen-bond acceptors (Lipinski definition) is 7. The minimum absolute atomic E-state index is 0.106. The monoisotopic (exact) mass is 326 g/mol. The molecule has 8 nitrogen and oxygen atoms in total. The summed E-state index contributed by atoms with van der Waals surface area (Å²) in [5.41, 5.74) is 0.260. The van der Waals surface area contributed by atoms with Crippen LogP contribution in [0.25, 0.3) is 11.5 Å². The second kappa shape index (κ2) is 6.06. The molecule has 2 aromatic rings. The molecule has 2 heterocycles. The van der Waals surface area contributed by atoms with Gasteiger partial charge >= 0.3 is 5.97 Å². The van der Waals surface area contributed by atoms with Crippen LogP contribution in [0.3, 0.4) is 0 Å². The quantitative estimate of drug-likeness (QED) is 0.803. The van der Waals surface area contributed by atoms with E-state index in [0.29, 0.717) is 0 Å². The fraction of sp³-hybridized carbons (Fsp3) is 0.231. The van der Waals surface area contributed by atoms with Gasteiger partial charge in [-0.3, -0.25) is 9.78 Å². The van der Waals surface area contributed by atoms with Crippen molar-refractivity contribution < 1.29 is 27.5 Å². The van der Waals surface area contributed by atoms with Crippen molar-refractivity contribution in [2.24, 2.45) is 0 Å². The third kappa shape index (κ3) is 3.37. The summed E-state index contributed by atoms with van der Waals surface area (Å²) in [6.07, 6.45) is 1.47. The molecule has 0 radical (unpaired) electrons. The van der Waals surface area contributed by atoms with Crippen LogP contribution in [-0.4, -0.2) is 30.2 Å². The van der Waals surface area contributed by atoms with E-state index >= 15 is 0 Å². The summed E-state index contributed by atoms with van der Waals surface area (Å²) in [6, 6.07) is 4.87. The van der Waals surface area contributed by atoms with Gasteiger partial charge in [0, 0.05) is 13.1 Å². The Morgan fingerprint density at radius 1 is 1.45 bits per heavy atom. The van der Waals surface area contributed by atoms with Gasteiger partial charge in [0.2, 0.25) is 27.3 Å². The highest BCUT2D eigenvalue weighted by molar-refractivity contribution is 7.92. The van der Waals surface area contributed by atoms with Gasteiger partial charge in [0.15, 0.2) is 0 Å². The van der Waals surface area contributed by atoms with Crippen LogP contribution in [0.5, 0.6) is 11.5 Å². The number of aromatic nitrogens is 1. The highest BCUT2D eigenvalue weighted by atomic mass is 32.2. The molecule has 0 atom stereocenters. The number of nitrogens with zero attached hydrogens (tertiary/aromatic N) is 1. The summed E-state index contributed by atoms with van der Waals surface area (Å²) >= 11 is 0. The Morgan fingerprint density at radius 2 is 2.18 bits per heavy atom. The molecule has 0 aliphatic rings. The second-order valence-electron chi connectivity index (χ2n) is 4.25. The fourth-order valence-electron chi connectivity index (χ4n) is 1.60. The van der Waals surface area contributed by atoms with E-state index in [-0.39, 0.29) is 23.1 Å². The number of rotatable bonds is 5. The number of hydrogen-bond donors (Lipinski definition) is 2. The van der Waals surface area contributed by atoms with Gasteiger partial charge in [-0.15, -0.1) is 0 Å². The van der Waals surface area contributed by atoms with E-state index in [9.17, 15) is 18.3 Å². The molecule has 0 aromatic carbocycles. The maximum Gasteiger partial charge on any atom is 0.308 e. The van der Waals surface area contributed by atoms with Crippen LogP contribution in [0.4, 0.5) is 5.88 Å². The van der Waals surface area contributed by atoms with Crippen molar-refractivity contribution in [2.75, 3.05) is 10.5 Å². The predicted molar refractivity (Wildman–Crippen MR) is 78.0 cm³/mol. The molecule has 0 amide bonds. The standard InChI is InChI=1S/C13H14N2O6S/c1-3-22(18,19)15-13-12(20-8(2)16)10(17)11(21-13)9-6-4-5-7-14-9/h4-7,15,17H,3H2,1-2H3. The molecule has 0 aliphatic carbocycles. The van der Waals surface area contributed by atoms with Gasteiger partial charge in [-0.05, 0) is 19.1 Å². The molecular formula is C13H14N2O6S. The Morgan fingerprint density at radius 3 is 2.73 bits per heavy atom. The lowest BCUT2D eigenvalue weighted by molar-refractivity contribution is -0.131. The van der Waals surface area contributed by atoms with Crippen LogP contribution in [0.15, 0.2) is 28.8 Å². The highest BCUT2D eigenvalue weighted by Crippen LogP contribution is 2.45. The van der Waals surface area contributed by atoms with E-state index in [4.69, 9.17) is 9.15 Å². The normalized spacial score (nSPS) is 11.2. The van der Waals surface area contributed by atoms with E-state index in [1.165, 1.54) is 13.1 Å². The lowest BCUT2D eigenvalue weighted by Gasteiger charge is -2.04.